The molecule has 1 amide bonds. The maximum atomic E-state index is 11.3. The second kappa shape index (κ2) is 5.72. The molecular weight excluding hydrogens is 260 g/mol. The SMILES string of the molecule is CCNCC(=O)Nc1cccc(Br)c1O. The third-order valence-corrected chi connectivity index (χ3v) is 2.44. The van der Waals surface area contributed by atoms with E-state index in [2.05, 4.69) is 26.6 Å². The van der Waals surface area contributed by atoms with Crippen molar-refractivity contribution in [3.63, 3.8) is 0 Å². The lowest BCUT2D eigenvalue weighted by molar-refractivity contribution is -0.115. The Labute approximate surface area is 96.8 Å². The number of aromatic hydroxyl groups is 1. The summed E-state index contributed by atoms with van der Waals surface area (Å²) in [6.45, 7) is 2.89. The smallest absolute Gasteiger partial charge is 0.238 e. The van der Waals surface area contributed by atoms with Gasteiger partial charge in [0.25, 0.3) is 0 Å². The highest BCUT2D eigenvalue weighted by Crippen LogP contribution is 2.31. The zero-order chi connectivity index (χ0) is 11.3. The molecule has 1 rings (SSSR count). The van der Waals surface area contributed by atoms with Crippen molar-refractivity contribution < 1.29 is 9.90 Å². The van der Waals surface area contributed by atoms with Crippen molar-refractivity contribution in [2.24, 2.45) is 0 Å². The molecule has 15 heavy (non-hydrogen) atoms. The molecule has 0 radical (unpaired) electrons. The van der Waals surface area contributed by atoms with Crippen molar-refractivity contribution in [3.05, 3.63) is 22.7 Å². The molecule has 0 heterocycles. The van der Waals surface area contributed by atoms with E-state index in [-0.39, 0.29) is 18.2 Å². The van der Waals surface area contributed by atoms with Gasteiger partial charge in [-0.3, -0.25) is 4.79 Å². The molecule has 82 valence electrons. The van der Waals surface area contributed by atoms with E-state index in [1.165, 1.54) is 0 Å². The third kappa shape index (κ3) is 3.53. The lowest BCUT2D eigenvalue weighted by Gasteiger charge is -2.08. The fourth-order valence-electron chi connectivity index (χ4n) is 1.05. The number of hydrogen-bond acceptors (Lipinski definition) is 3. The van der Waals surface area contributed by atoms with Crippen LogP contribution in [0.2, 0.25) is 0 Å². The van der Waals surface area contributed by atoms with Gasteiger partial charge in [-0.25, -0.2) is 0 Å². The van der Waals surface area contributed by atoms with Crippen LogP contribution in [0.4, 0.5) is 5.69 Å². The number of carbonyl (C=O) groups is 1. The van der Waals surface area contributed by atoms with Crippen molar-refractivity contribution >= 4 is 27.5 Å². The van der Waals surface area contributed by atoms with Crippen LogP contribution in [0.5, 0.6) is 5.75 Å². The number of likely N-dealkylation sites (N-methyl/N-ethyl adjacent to an activating group) is 1. The van der Waals surface area contributed by atoms with Crippen LogP contribution in [-0.2, 0) is 4.79 Å². The number of rotatable bonds is 4. The minimum Gasteiger partial charge on any atom is -0.505 e. The highest BCUT2D eigenvalue weighted by molar-refractivity contribution is 9.10. The first-order valence-electron chi connectivity index (χ1n) is 4.63. The molecule has 0 fully saturated rings. The number of anilines is 1. The Balaban J connectivity index is 2.64. The molecule has 0 aromatic heterocycles. The summed E-state index contributed by atoms with van der Waals surface area (Å²) in [5, 5.41) is 15.1. The highest BCUT2D eigenvalue weighted by atomic mass is 79.9. The molecule has 0 spiro atoms. The van der Waals surface area contributed by atoms with E-state index in [1.807, 2.05) is 6.92 Å². The summed E-state index contributed by atoms with van der Waals surface area (Å²) >= 11 is 3.17. The van der Waals surface area contributed by atoms with Crippen LogP contribution < -0.4 is 10.6 Å². The number of nitrogens with one attached hydrogen (secondary N) is 2. The Morgan fingerprint density at radius 2 is 2.27 bits per heavy atom. The van der Waals surface area contributed by atoms with Crippen LogP contribution in [0.3, 0.4) is 0 Å². The van der Waals surface area contributed by atoms with E-state index < -0.39 is 0 Å². The van der Waals surface area contributed by atoms with Gasteiger partial charge >= 0.3 is 0 Å². The molecule has 1 aromatic carbocycles. The summed E-state index contributed by atoms with van der Waals surface area (Å²) in [6, 6.07) is 5.09. The average Bonchev–Trinajstić information content (AvgIpc) is 2.22. The van der Waals surface area contributed by atoms with Gasteiger partial charge in [-0.2, -0.15) is 0 Å². The van der Waals surface area contributed by atoms with Crippen LogP contribution in [-0.4, -0.2) is 24.1 Å². The monoisotopic (exact) mass is 272 g/mol. The Morgan fingerprint density at radius 3 is 2.93 bits per heavy atom. The molecular formula is C10H13BrN2O2. The van der Waals surface area contributed by atoms with Crippen molar-refractivity contribution in [1.82, 2.24) is 5.32 Å². The highest BCUT2D eigenvalue weighted by Gasteiger charge is 2.07. The van der Waals surface area contributed by atoms with Gasteiger partial charge in [0.15, 0.2) is 5.75 Å². The molecule has 0 aliphatic heterocycles. The number of para-hydroxylation sites is 1. The molecule has 1 aromatic rings. The summed E-state index contributed by atoms with van der Waals surface area (Å²) in [5.41, 5.74) is 0.410. The zero-order valence-corrected chi connectivity index (χ0v) is 9.97. The fourth-order valence-corrected chi connectivity index (χ4v) is 1.42. The molecule has 0 saturated carbocycles. The first kappa shape index (κ1) is 12.0. The molecule has 4 nitrogen and oxygen atoms in total. The quantitative estimate of drug-likeness (QED) is 0.732. The standard InChI is InChI=1S/C10H13BrN2O2/c1-2-12-6-9(14)13-8-5-3-4-7(11)10(8)15/h3-5,12,15H,2,6H2,1H3,(H,13,14). The van der Waals surface area contributed by atoms with Crippen molar-refractivity contribution in [1.29, 1.82) is 0 Å². The molecule has 0 aliphatic rings. The first-order chi connectivity index (χ1) is 7.15. The number of benzene rings is 1. The van der Waals surface area contributed by atoms with E-state index in [9.17, 15) is 9.90 Å². The predicted molar refractivity (Wildman–Crippen MR) is 63.0 cm³/mol. The largest absolute Gasteiger partial charge is 0.505 e. The minimum absolute atomic E-state index is 0.0438. The van der Waals surface area contributed by atoms with Gasteiger partial charge in [-0.05, 0) is 34.6 Å². The second-order valence-corrected chi connectivity index (χ2v) is 3.82. The molecule has 0 atom stereocenters. The van der Waals surface area contributed by atoms with Gasteiger partial charge in [0.1, 0.15) is 0 Å². The summed E-state index contributed by atoms with van der Waals surface area (Å²) in [5.74, 6) is -0.132. The van der Waals surface area contributed by atoms with Gasteiger partial charge in [0.2, 0.25) is 5.91 Å². The van der Waals surface area contributed by atoms with Crippen molar-refractivity contribution in [3.8, 4) is 5.75 Å². The Kier molecular flexibility index (Phi) is 4.58. The summed E-state index contributed by atoms with van der Waals surface area (Å²) in [4.78, 5) is 11.3. The summed E-state index contributed by atoms with van der Waals surface area (Å²) in [7, 11) is 0. The molecule has 0 unspecified atom stereocenters. The maximum absolute atomic E-state index is 11.3. The topological polar surface area (TPSA) is 61.4 Å². The normalized spacial score (nSPS) is 10.0. The predicted octanol–water partition coefficient (Wildman–Crippen LogP) is 1.70. The molecule has 0 bridgehead atoms. The number of phenolic OH excluding ortho intramolecular Hbond substituents is 1. The zero-order valence-electron chi connectivity index (χ0n) is 8.38. The minimum atomic E-state index is -0.176. The number of phenols is 1. The number of amides is 1. The van der Waals surface area contributed by atoms with E-state index >= 15 is 0 Å². The second-order valence-electron chi connectivity index (χ2n) is 2.96. The molecule has 0 saturated heterocycles. The third-order valence-electron chi connectivity index (χ3n) is 1.80. The van der Waals surface area contributed by atoms with Gasteiger partial charge in [-0.15, -0.1) is 0 Å². The van der Waals surface area contributed by atoms with Crippen LogP contribution >= 0.6 is 15.9 Å². The van der Waals surface area contributed by atoms with E-state index in [0.29, 0.717) is 10.2 Å². The van der Waals surface area contributed by atoms with Crippen LogP contribution in [0, 0.1) is 0 Å². The first-order valence-corrected chi connectivity index (χ1v) is 5.42. The van der Waals surface area contributed by atoms with Gasteiger partial charge in [-0.1, -0.05) is 13.0 Å². The number of hydrogen-bond donors (Lipinski definition) is 3. The molecule has 5 heteroatoms. The Morgan fingerprint density at radius 1 is 1.53 bits per heavy atom. The summed E-state index contributed by atoms with van der Waals surface area (Å²) in [6.07, 6.45) is 0. The molecule has 0 aliphatic carbocycles. The van der Waals surface area contributed by atoms with Crippen molar-refractivity contribution in [2.45, 2.75) is 6.92 Å². The molecule has 3 N–H and O–H groups in total. The lowest BCUT2D eigenvalue weighted by atomic mass is 10.3. The van der Waals surface area contributed by atoms with E-state index in [1.54, 1.807) is 18.2 Å². The van der Waals surface area contributed by atoms with Gasteiger partial charge < -0.3 is 15.7 Å². The maximum Gasteiger partial charge on any atom is 0.238 e. The lowest BCUT2D eigenvalue weighted by Crippen LogP contribution is -2.27. The van der Waals surface area contributed by atoms with E-state index in [4.69, 9.17) is 0 Å². The Bertz CT molecular complexity index is 355. The number of carbonyl (C=O) groups excluding carboxylic acids is 1. The van der Waals surface area contributed by atoms with Gasteiger partial charge in [0, 0.05) is 0 Å². The van der Waals surface area contributed by atoms with Gasteiger partial charge in [0.05, 0.1) is 16.7 Å². The fraction of sp³-hybridized carbons (Fsp3) is 0.300. The number of halogens is 1. The van der Waals surface area contributed by atoms with Crippen molar-refractivity contribution in [2.75, 3.05) is 18.4 Å². The average molecular weight is 273 g/mol. The van der Waals surface area contributed by atoms with Crippen LogP contribution in [0.1, 0.15) is 6.92 Å². The van der Waals surface area contributed by atoms with Crippen LogP contribution in [0.25, 0.3) is 0 Å². The van der Waals surface area contributed by atoms with Crippen LogP contribution in [0.15, 0.2) is 22.7 Å². The van der Waals surface area contributed by atoms with E-state index in [0.717, 1.165) is 6.54 Å². The Hall–Kier alpha value is -1.07. The summed E-state index contributed by atoms with van der Waals surface area (Å²) < 4.78 is 0.559.